The van der Waals surface area contributed by atoms with Crippen molar-refractivity contribution >= 4 is 39.1 Å². The average Bonchev–Trinajstić information content (AvgIpc) is 2.96. The number of methoxy groups -OCH3 is 1. The van der Waals surface area contributed by atoms with Crippen LogP contribution in [0.1, 0.15) is 16.7 Å². The largest absolute Gasteiger partial charge is 0.496 e. The van der Waals surface area contributed by atoms with Crippen LogP contribution < -0.4 is 10.5 Å². The van der Waals surface area contributed by atoms with Crippen LogP contribution in [0, 0.1) is 20.8 Å². The molecule has 1 unspecified atom stereocenters. The molecule has 7 heteroatoms. The Morgan fingerprint density at radius 1 is 1.21 bits per heavy atom. The number of imidazole rings is 1. The Bertz CT molecular complexity index is 982. The second kappa shape index (κ2) is 6.11. The maximum absolute atomic E-state index is 13.1. The molecule has 3 aromatic rings. The summed E-state index contributed by atoms with van der Waals surface area (Å²) in [6, 6.07) is 5.28. The fraction of sp³-hybridized carbons (Fsp3) is 0.235. The van der Waals surface area contributed by atoms with E-state index in [-0.39, 0.29) is 0 Å². The Balaban J connectivity index is 2.20. The molecule has 5 nitrogen and oxygen atoms in total. The highest BCUT2D eigenvalue weighted by Crippen LogP contribution is 2.37. The van der Waals surface area contributed by atoms with Crippen molar-refractivity contribution in [3.05, 3.63) is 39.9 Å². The van der Waals surface area contributed by atoms with Gasteiger partial charge in [0.25, 0.3) is 0 Å². The number of halogens is 1. The van der Waals surface area contributed by atoms with E-state index in [1.165, 1.54) is 0 Å². The minimum atomic E-state index is -1.55. The van der Waals surface area contributed by atoms with E-state index < -0.39 is 10.8 Å². The first-order valence-electron chi connectivity index (χ1n) is 7.35. The quantitative estimate of drug-likeness (QED) is 0.691. The van der Waals surface area contributed by atoms with Gasteiger partial charge >= 0.3 is 0 Å². The Labute approximate surface area is 147 Å². The van der Waals surface area contributed by atoms with Crippen LogP contribution in [0.25, 0.3) is 11.0 Å². The molecule has 3 N–H and O–H groups in total. The molecule has 0 bridgehead atoms. The summed E-state index contributed by atoms with van der Waals surface area (Å²) in [4.78, 5) is 8.01. The topological polar surface area (TPSA) is 81.0 Å². The van der Waals surface area contributed by atoms with Gasteiger partial charge in [0.15, 0.2) is 0 Å². The molecule has 1 atom stereocenters. The number of ether oxygens (including phenoxy) is 1. The minimum absolute atomic E-state index is 0.340. The Kier molecular flexibility index (Phi) is 4.27. The van der Waals surface area contributed by atoms with Crippen LogP contribution in [0.3, 0.4) is 0 Å². The number of nitrogen functional groups attached to an aromatic ring is 1. The number of nitrogens with one attached hydrogen (secondary N) is 1. The third-order valence-electron chi connectivity index (χ3n) is 4.22. The standard InChI is InChI=1S/C17H18ClN3O2S/c1-8-9(2)15(23-4)10(3)16(14(8)19)24(22)17-20-12-6-5-11(18)7-13(12)21-17/h5-7H,19H2,1-4H3,(H,20,21). The first kappa shape index (κ1) is 16.8. The van der Waals surface area contributed by atoms with E-state index in [1.54, 1.807) is 25.3 Å². The van der Waals surface area contributed by atoms with Crippen LogP contribution in [-0.4, -0.2) is 21.3 Å². The molecule has 0 aliphatic rings. The highest BCUT2D eigenvalue weighted by Gasteiger charge is 2.23. The van der Waals surface area contributed by atoms with Crippen molar-refractivity contribution in [3.8, 4) is 5.75 Å². The van der Waals surface area contributed by atoms with Crippen molar-refractivity contribution in [1.82, 2.24) is 9.97 Å². The maximum Gasteiger partial charge on any atom is 0.202 e. The number of nitrogens with two attached hydrogens (primary N) is 1. The third-order valence-corrected chi connectivity index (χ3v) is 5.90. The summed E-state index contributed by atoms with van der Waals surface area (Å²) in [5, 5.41) is 0.930. The van der Waals surface area contributed by atoms with Crippen LogP contribution >= 0.6 is 11.6 Å². The summed E-state index contributed by atoms with van der Waals surface area (Å²) in [5.74, 6) is 0.698. The molecule has 0 saturated carbocycles. The molecular formula is C17H18ClN3O2S. The molecule has 3 rings (SSSR count). The SMILES string of the molecule is COc1c(C)c(C)c(N)c(S(=O)c2nc3ccc(Cl)cc3[nH]2)c1C. The van der Waals surface area contributed by atoms with Crippen LogP contribution in [-0.2, 0) is 10.8 Å². The monoisotopic (exact) mass is 363 g/mol. The predicted octanol–water partition coefficient (Wildman–Crippen LogP) is 3.90. The van der Waals surface area contributed by atoms with Crippen LogP contribution in [0.15, 0.2) is 28.3 Å². The van der Waals surface area contributed by atoms with E-state index in [0.29, 0.717) is 32.0 Å². The van der Waals surface area contributed by atoms with E-state index in [0.717, 1.165) is 22.2 Å². The highest BCUT2D eigenvalue weighted by atomic mass is 35.5. The molecule has 0 spiro atoms. The minimum Gasteiger partial charge on any atom is -0.496 e. The lowest BCUT2D eigenvalue weighted by molar-refractivity contribution is 0.406. The fourth-order valence-electron chi connectivity index (χ4n) is 2.82. The van der Waals surface area contributed by atoms with Crippen molar-refractivity contribution in [2.24, 2.45) is 0 Å². The Morgan fingerprint density at radius 2 is 1.92 bits per heavy atom. The highest BCUT2D eigenvalue weighted by molar-refractivity contribution is 7.85. The van der Waals surface area contributed by atoms with Gasteiger partial charge in [-0.2, -0.15) is 0 Å². The Morgan fingerprint density at radius 3 is 2.58 bits per heavy atom. The van der Waals surface area contributed by atoms with E-state index in [2.05, 4.69) is 9.97 Å². The van der Waals surface area contributed by atoms with E-state index in [9.17, 15) is 4.21 Å². The van der Waals surface area contributed by atoms with Gasteiger partial charge in [-0.1, -0.05) is 11.6 Å². The number of aromatic nitrogens is 2. The van der Waals surface area contributed by atoms with Gasteiger partial charge in [0.2, 0.25) is 5.16 Å². The molecule has 24 heavy (non-hydrogen) atoms. The van der Waals surface area contributed by atoms with Gasteiger partial charge in [0.05, 0.1) is 28.7 Å². The molecule has 126 valence electrons. The van der Waals surface area contributed by atoms with E-state index >= 15 is 0 Å². The molecular weight excluding hydrogens is 346 g/mol. The zero-order valence-corrected chi connectivity index (χ0v) is 15.4. The number of H-pyrrole nitrogens is 1. The number of nitrogens with zero attached hydrogens (tertiary/aromatic N) is 1. The lowest BCUT2D eigenvalue weighted by Gasteiger charge is -2.18. The molecule has 1 heterocycles. The number of hydrogen-bond donors (Lipinski definition) is 2. The summed E-state index contributed by atoms with van der Waals surface area (Å²) in [7, 11) is 0.0437. The van der Waals surface area contributed by atoms with Gasteiger partial charge in [-0.15, -0.1) is 0 Å². The molecule has 0 aliphatic carbocycles. The van der Waals surface area contributed by atoms with Gasteiger partial charge in [0.1, 0.15) is 16.5 Å². The van der Waals surface area contributed by atoms with Crippen molar-refractivity contribution in [1.29, 1.82) is 0 Å². The van der Waals surface area contributed by atoms with Gasteiger partial charge < -0.3 is 15.5 Å². The summed E-state index contributed by atoms with van der Waals surface area (Å²) in [6.07, 6.45) is 0. The lowest BCUT2D eigenvalue weighted by Crippen LogP contribution is -2.08. The fourth-order valence-corrected chi connectivity index (χ4v) is 4.29. The van der Waals surface area contributed by atoms with Crippen molar-refractivity contribution in [2.75, 3.05) is 12.8 Å². The molecule has 2 aromatic carbocycles. The molecule has 0 aliphatic heterocycles. The number of fused-ring (bicyclic) bond motifs is 1. The normalized spacial score (nSPS) is 12.5. The number of hydrogen-bond acceptors (Lipinski definition) is 4. The first-order chi connectivity index (χ1) is 11.3. The number of anilines is 1. The van der Waals surface area contributed by atoms with Crippen LogP contribution in [0.4, 0.5) is 5.69 Å². The van der Waals surface area contributed by atoms with Crippen molar-refractivity contribution in [3.63, 3.8) is 0 Å². The summed E-state index contributed by atoms with van der Waals surface area (Å²) in [5.41, 5.74) is 10.8. The second-order valence-corrected chi connectivity index (χ2v) is 7.39. The molecule has 0 fully saturated rings. The first-order valence-corrected chi connectivity index (χ1v) is 8.88. The number of rotatable bonds is 3. The van der Waals surface area contributed by atoms with Gasteiger partial charge in [-0.05, 0) is 50.1 Å². The van der Waals surface area contributed by atoms with E-state index in [1.807, 2.05) is 20.8 Å². The second-order valence-electron chi connectivity index (χ2n) is 5.62. The lowest BCUT2D eigenvalue weighted by atomic mass is 10.0. The van der Waals surface area contributed by atoms with Crippen LogP contribution in [0.2, 0.25) is 5.02 Å². The summed E-state index contributed by atoms with van der Waals surface area (Å²) in [6.45, 7) is 5.69. The summed E-state index contributed by atoms with van der Waals surface area (Å²) >= 11 is 5.99. The van der Waals surface area contributed by atoms with Crippen LogP contribution in [0.5, 0.6) is 5.75 Å². The molecule has 0 amide bonds. The summed E-state index contributed by atoms with van der Waals surface area (Å²) < 4.78 is 18.6. The molecule has 0 radical (unpaired) electrons. The number of aromatic amines is 1. The van der Waals surface area contributed by atoms with Gasteiger partial charge in [-0.25, -0.2) is 9.19 Å². The Hall–Kier alpha value is -2.05. The predicted molar refractivity (Wildman–Crippen MR) is 97.4 cm³/mol. The number of benzene rings is 2. The van der Waals surface area contributed by atoms with E-state index in [4.69, 9.17) is 22.1 Å². The zero-order chi connectivity index (χ0) is 17.6. The molecule has 1 aromatic heterocycles. The maximum atomic E-state index is 13.1. The third kappa shape index (κ3) is 2.56. The zero-order valence-electron chi connectivity index (χ0n) is 13.9. The smallest absolute Gasteiger partial charge is 0.202 e. The molecule has 0 saturated heterocycles. The average molecular weight is 364 g/mol. The van der Waals surface area contributed by atoms with Crippen molar-refractivity contribution < 1.29 is 8.95 Å². The van der Waals surface area contributed by atoms with Gasteiger partial charge in [0, 0.05) is 10.6 Å². The van der Waals surface area contributed by atoms with Gasteiger partial charge in [-0.3, -0.25) is 0 Å². The van der Waals surface area contributed by atoms with Crippen molar-refractivity contribution in [2.45, 2.75) is 30.8 Å².